The molecule has 0 heterocycles. The maximum Gasteiger partial charge on any atom is 0.416 e. The van der Waals surface area contributed by atoms with Crippen LogP contribution in [0.5, 0.6) is 0 Å². The molecule has 3 aromatic rings. The van der Waals surface area contributed by atoms with E-state index in [4.69, 9.17) is 0 Å². The van der Waals surface area contributed by atoms with E-state index in [0.717, 1.165) is 28.8 Å². The molecule has 0 bridgehead atoms. The van der Waals surface area contributed by atoms with Gasteiger partial charge in [0.2, 0.25) is 0 Å². The van der Waals surface area contributed by atoms with E-state index in [1.165, 1.54) is 12.1 Å². The third-order valence-electron chi connectivity index (χ3n) is 3.64. The Bertz CT molecular complexity index is 837. The molecule has 0 aromatic heterocycles. The lowest BCUT2D eigenvalue weighted by molar-refractivity contribution is -0.137. The van der Waals surface area contributed by atoms with Gasteiger partial charge < -0.3 is 0 Å². The Morgan fingerprint density at radius 1 is 0.720 bits per heavy atom. The molecule has 0 fully saturated rings. The molecule has 1 N–H and O–H groups in total. The van der Waals surface area contributed by atoms with E-state index in [-0.39, 0.29) is 0 Å². The maximum atomic E-state index is 12.5. The van der Waals surface area contributed by atoms with E-state index in [9.17, 15) is 13.2 Å². The van der Waals surface area contributed by atoms with Crippen molar-refractivity contribution < 1.29 is 13.2 Å². The number of nitrogens with one attached hydrogen (secondary N) is 1. The number of anilines is 1. The first-order valence-electron chi connectivity index (χ1n) is 7.64. The zero-order valence-electron chi connectivity index (χ0n) is 13.2. The highest BCUT2D eigenvalue weighted by atomic mass is 19.4. The van der Waals surface area contributed by atoms with Gasteiger partial charge in [0, 0.05) is 0 Å². The van der Waals surface area contributed by atoms with Crippen molar-refractivity contribution in [1.29, 1.82) is 0 Å². The van der Waals surface area contributed by atoms with Crippen LogP contribution >= 0.6 is 0 Å². The second-order valence-electron chi connectivity index (χ2n) is 5.43. The molecule has 0 radical (unpaired) electrons. The molecule has 0 spiro atoms. The summed E-state index contributed by atoms with van der Waals surface area (Å²) in [5.74, 6) is 0. The second-order valence-corrected chi connectivity index (χ2v) is 5.43. The Balaban J connectivity index is 1.63. The average molecular weight is 340 g/mol. The smallest absolute Gasteiger partial charge is 0.279 e. The molecule has 0 saturated carbocycles. The fraction of sp³-hybridized carbons (Fsp3) is 0.0500. The van der Waals surface area contributed by atoms with Gasteiger partial charge in [0.25, 0.3) is 0 Å². The number of hydrazone groups is 1. The van der Waals surface area contributed by atoms with E-state index in [1.54, 1.807) is 6.21 Å². The molecule has 0 aliphatic rings. The highest BCUT2D eigenvalue weighted by molar-refractivity contribution is 5.81. The third kappa shape index (κ3) is 4.47. The molecule has 0 aliphatic carbocycles. The minimum absolute atomic E-state index is 0.491. The van der Waals surface area contributed by atoms with Crippen molar-refractivity contribution in [2.75, 3.05) is 5.43 Å². The summed E-state index contributed by atoms with van der Waals surface area (Å²) in [5.41, 5.74) is 5.66. The predicted molar refractivity (Wildman–Crippen MR) is 94.5 cm³/mol. The first kappa shape index (κ1) is 16.8. The predicted octanol–water partition coefficient (Wildman–Crippen LogP) is 5.82. The van der Waals surface area contributed by atoms with Crippen LogP contribution in [0.2, 0.25) is 0 Å². The molecule has 0 amide bonds. The summed E-state index contributed by atoms with van der Waals surface area (Å²) in [4.78, 5) is 0. The van der Waals surface area contributed by atoms with Crippen molar-refractivity contribution in [2.45, 2.75) is 6.18 Å². The van der Waals surface area contributed by atoms with Gasteiger partial charge >= 0.3 is 6.18 Å². The van der Waals surface area contributed by atoms with Crippen molar-refractivity contribution in [1.82, 2.24) is 0 Å². The molecule has 0 unspecified atom stereocenters. The zero-order chi connectivity index (χ0) is 17.7. The first-order chi connectivity index (χ1) is 12.0. The van der Waals surface area contributed by atoms with Gasteiger partial charge in [0.1, 0.15) is 0 Å². The standard InChI is InChI=1S/C20H15F3N2/c21-20(22,23)18-10-12-19(13-11-18)25-24-14-15-6-8-17(9-7-15)16-4-2-1-3-5-16/h1-14,25H/b24-14+. The summed E-state index contributed by atoms with van der Waals surface area (Å²) in [6, 6.07) is 22.6. The Morgan fingerprint density at radius 3 is 1.92 bits per heavy atom. The van der Waals surface area contributed by atoms with E-state index < -0.39 is 11.7 Å². The molecular formula is C20H15F3N2. The molecule has 25 heavy (non-hydrogen) atoms. The van der Waals surface area contributed by atoms with Crippen molar-refractivity contribution in [2.24, 2.45) is 5.10 Å². The Hall–Kier alpha value is -3.08. The van der Waals surface area contributed by atoms with E-state index >= 15 is 0 Å². The molecule has 0 aliphatic heterocycles. The van der Waals surface area contributed by atoms with Gasteiger partial charge in [0.05, 0.1) is 17.5 Å². The van der Waals surface area contributed by atoms with Gasteiger partial charge in [-0.3, -0.25) is 5.43 Å². The number of benzene rings is 3. The first-order valence-corrected chi connectivity index (χ1v) is 7.64. The number of hydrogen-bond acceptors (Lipinski definition) is 2. The summed E-state index contributed by atoms with van der Waals surface area (Å²) >= 11 is 0. The molecular weight excluding hydrogens is 325 g/mol. The molecule has 3 rings (SSSR count). The number of alkyl halides is 3. The largest absolute Gasteiger partial charge is 0.416 e. The Morgan fingerprint density at radius 2 is 1.32 bits per heavy atom. The topological polar surface area (TPSA) is 24.4 Å². The van der Waals surface area contributed by atoms with Crippen molar-refractivity contribution >= 4 is 11.9 Å². The van der Waals surface area contributed by atoms with Crippen LogP contribution in [0.4, 0.5) is 18.9 Å². The van der Waals surface area contributed by atoms with Crippen LogP contribution in [0.1, 0.15) is 11.1 Å². The van der Waals surface area contributed by atoms with Gasteiger partial charge in [-0.1, -0.05) is 54.6 Å². The van der Waals surface area contributed by atoms with Gasteiger partial charge in [-0.15, -0.1) is 0 Å². The van der Waals surface area contributed by atoms with E-state index in [1.807, 2.05) is 54.6 Å². The highest BCUT2D eigenvalue weighted by Crippen LogP contribution is 2.29. The summed E-state index contributed by atoms with van der Waals surface area (Å²) < 4.78 is 37.5. The molecule has 126 valence electrons. The lowest BCUT2D eigenvalue weighted by atomic mass is 10.0. The van der Waals surface area contributed by atoms with Gasteiger partial charge in [-0.2, -0.15) is 18.3 Å². The summed E-state index contributed by atoms with van der Waals surface area (Å²) in [5, 5.41) is 4.05. The van der Waals surface area contributed by atoms with Crippen LogP contribution in [0.3, 0.4) is 0 Å². The Kier molecular flexibility index (Phi) is 4.84. The minimum atomic E-state index is -4.33. The molecule has 5 heteroatoms. The Labute approximate surface area is 143 Å². The van der Waals surface area contributed by atoms with Crippen LogP contribution < -0.4 is 5.43 Å². The van der Waals surface area contributed by atoms with Crippen LogP contribution in [0, 0.1) is 0 Å². The summed E-state index contributed by atoms with van der Waals surface area (Å²) in [6.45, 7) is 0. The maximum absolute atomic E-state index is 12.5. The number of nitrogens with zero attached hydrogens (tertiary/aromatic N) is 1. The summed E-state index contributed by atoms with van der Waals surface area (Å²) in [6.07, 6.45) is -2.71. The highest BCUT2D eigenvalue weighted by Gasteiger charge is 2.29. The van der Waals surface area contributed by atoms with Crippen molar-refractivity contribution in [3.05, 3.63) is 90.0 Å². The van der Waals surface area contributed by atoms with Gasteiger partial charge in [-0.05, 0) is 41.0 Å². The van der Waals surface area contributed by atoms with Crippen LogP contribution in [-0.2, 0) is 6.18 Å². The fourth-order valence-corrected chi connectivity index (χ4v) is 2.31. The number of halogens is 3. The lowest BCUT2D eigenvalue weighted by Gasteiger charge is -2.07. The number of rotatable bonds is 4. The zero-order valence-corrected chi connectivity index (χ0v) is 13.2. The van der Waals surface area contributed by atoms with Crippen molar-refractivity contribution in [3.8, 4) is 11.1 Å². The molecule has 2 nitrogen and oxygen atoms in total. The summed E-state index contributed by atoms with van der Waals surface area (Å²) in [7, 11) is 0. The van der Waals surface area contributed by atoms with Crippen molar-refractivity contribution in [3.63, 3.8) is 0 Å². The minimum Gasteiger partial charge on any atom is -0.279 e. The second kappa shape index (κ2) is 7.21. The molecule has 0 atom stereocenters. The fourth-order valence-electron chi connectivity index (χ4n) is 2.31. The van der Waals surface area contributed by atoms with Gasteiger partial charge in [0.15, 0.2) is 0 Å². The van der Waals surface area contributed by atoms with Crippen LogP contribution in [0.25, 0.3) is 11.1 Å². The molecule has 0 saturated heterocycles. The van der Waals surface area contributed by atoms with E-state index in [2.05, 4.69) is 10.5 Å². The number of hydrogen-bond donors (Lipinski definition) is 1. The molecule has 3 aromatic carbocycles. The van der Waals surface area contributed by atoms with E-state index in [0.29, 0.717) is 5.69 Å². The van der Waals surface area contributed by atoms with Crippen LogP contribution in [-0.4, -0.2) is 6.21 Å². The SMILES string of the molecule is FC(F)(F)c1ccc(N/N=C/c2ccc(-c3ccccc3)cc2)cc1. The van der Waals surface area contributed by atoms with Gasteiger partial charge in [-0.25, -0.2) is 0 Å². The lowest BCUT2D eigenvalue weighted by Crippen LogP contribution is -2.04. The van der Waals surface area contributed by atoms with Crippen LogP contribution in [0.15, 0.2) is 84.0 Å². The monoisotopic (exact) mass is 340 g/mol. The average Bonchev–Trinajstić information content (AvgIpc) is 2.63. The quantitative estimate of drug-likeness (QED) is 0.470. The third-order valence-corrected chi connectivity index (χ3v) is 3.64. The normalized spacial score (nSPS) is 11.6.